The number of hydrogen-bond donors (Lipinski definition) is 0. The molecule has 0 aliphatic heterocycles. The van der Waals surface area contributed by atoms with E-state index >= 15 is 0 Å². The molecule has 0 amide bonds. The van der Waals surface area contributed by atoms with Gasteiger partial charge in [-0.25, -0.2) is 0 Å². The number of allylic oxidation sites excluding steroid dienone is 1. The minimum absolute atomic E-state index is 0. The van der Waals surface area contributed by atoms with Crippen molar-refractivity contribution in [1.82, 2.24) is 0 Å². The zero-order chi connectivity index (χ0) is 6.97. The fourth-order valence-corrected chi connectivity index (χ4v) is 1.45. The molecule has 0 saturated carbocycles. The Balaban J connectivity index is 0.000000605. The summed E-state index contributed by atoms with van der Waals surface area (Å²) in [6.45, 7) is 2.18. The van der Waals surface area contributed by atoms with Gasteiger partial charge < -0.3 is 0 Å². The molecule has 1 aliphatic rings. The molecule has 0 spiro atoms. The normalized spacial score (nSPS) is 13.4. The molecule has 0 atom stereocenters. The molecule has 0 saturated heterocycles. The van der Waals surface area contributed by atoms with Gasteiger partial charge in [0.05, 0.1) is 0 Å². The van der Waals surface area contributed by atoms with Gasteiger partial charge in [0.15, 0.2) is 0 Å². The Kier molecular flexibility index (Phi) is 2.83. The molecule has 1 aliphatic carbocycles. The topological polar surface area (TPSA) is 0 Å². The average Bonchev–Trinajstić information content (AvgIpc) is 2.27. The molecule has 1 heteroatoms. The second-order valence-electron chi connectivity index (χ2n) is 2.87. The summed E-state index contributed by atoms with van der Waals surface area (Å²) >= 11 is 0. The molecule has 0 heterocycles. The summed E-state index contributed by atoms with van der Waals surface area (Å²) in [5, 5.41) is 0. The first kappa shape index (κ1) is 8.92. The predicted octanol–water partition coefficient (Wildman–Crippen LogP) is 2.64. The van der Waals surface area contributed by atoms with Crippen LogP contribution in [-0.4, -0.2) is 0 Å². The van der Waals surface area contributed by atoms with E-state index in [0.717, 1.165) is 6.42 Å². The molecular weight excluding hydrogens is 299 g/mol. The van der Waals surface area contributed by atoms with Crippen LogP contribution in [-0.2, 0) is 32.3 Å². The third-order valence-electron chi connectivity index (χ3n) is 1.93. The monoisotopic (exact) mass is 310 g/mol. The smallest absolute Gasteiger partial charge is 0 e. The first-order valence-corrected chi connectivity index (χ1v) is 3.61. The molecule has 1 aromatic carbocycles. The number of hydrogen-bond acceptors (Lipinski definition) is 0. The molecular formula is C10H10Hf. The summed E-state index contributed by atoms with van der Waals surface area (Å²) in [5.41, 5.74) is 4.35. The van der Waals surface area contributed by atoms with E-state index in [1.807, 2.05) is 0 Å². The molecule has 1 aromatic rings. The van der Waals surface area contributed by atoms with Crippen LogP contribution < -0.4 is 0 Å². The second kappa shape index (κ2) is 3.49. The summed E-state index contributed by atoms with van der Waals surface area (Å²) < 4.78 is 0. The van der Waals surface area contributed by atoms with Crippen LogP contribution >= 0.6 is 0 Å². The third-order valence-corrected chi connectivity index (χ3v) is 1.93. The van der Waals surface area contributed by atoms with Gasteiger partial charge in [0.1, 0.15) is 0 Å². The zero-order valence-corrected chi connectivity index (χ0v) is 10.2. The number of benzene rings is 1. The number of rotatable bonds is 0. The van der Waals surface area contributed by atoms with E-state index in [0.29, 0.717) is 0 Å². The Morgan fingerprint density at radius 1 is 1.18 bits per heavy atom. The van der Waals surface area contributed by atoms with Crippen LogP contribution in [0.15, 0.2) is 29.8 Å². The van der Waals surface area contributed by atoms with Crippen molar-refractivity contribution in [3.05, 3.63) is 41.0 Å². The van der Waals surface area contributed by atoms with Gasteiger partial charge in [0, 0.05) is 25.8 Å². The van der Waals surface area contributed by atoms with Crippen molar-refractivity contribution in [3.63, 3.8) is 0 Å². The third kappa shape index (κ3) is 1.70. The average molecular weight is 309 g/mol. The molecule has 11 heavy (non-hydrogen) atoms. The van der Waals surface area contributed by atoms with Crippen LogP contribution in [0.5, 0.6) is 0 Å². The van der Waals surface area contributed by atoms with Crippen LogP contribution in [0.3, 0.4) is 0 Å². The Hall–Kier alpha value is -0.170. The van der Waals surface area contributed by atoms with Gasteiger partial charge in [-0.15, -0.1) is 0 Å². The van der Waals surface area contributed by atoms with E-state index in [-0.39, 0.29) is 25.8 Å². The van der Waals surface area contributed by atoms with E-state index in [9.17, 15) is 0 Å². The van der Waals surface area contributed by atoms with Gasteiger partial charge in [-0.1, -0.05) is 35.9 Å². The Morgan fingerprint density at radius 2 is 1.91 bits per heavy atom. The van der Waals surface area contributed by atoms with E-state index in [2.05, 4.69) is 37.3 Å². The standard InChI is InChI=1S/C10H10.Hf/c1-8-6-9-4-2-3-5-10(9)7-8;/h2-6H,7H2,1H3;. The molecule has 0 aromatic heterocycles. The van der Waals surface area contributed by atoms with E-state index in [1.165, 1.54) is 16.7 Å². The summed E-state index contributed by atoms with van der Waals surface area (Å²) in [6.07, 6.45) is 3.41. The van der Waals surface area contributed by atoms with Crippen molar-refractivity contribution in [2.45, 2.75) is 13.3 Å². The fraction of sp³-hybridized carbons (Fsp3) is 0.200. The predicted molar refractivity (Wildman–Crippen MR) is 43.8 cm³/mol. The minimum Gasteiger partial charge on any atom is -0.0683 e. The van der Waals surface area contributed by atoms with Crippen LogP contribution in [0.1, 0.15) is 18.1 Å². The summed E-state index contributed by atoms with van der Waals surface area (Å²) in [6, 6.07) is 8.56. The molecule has 0 radical (unpaired) electrons. The van der Waals surface area contributed by atoms with Gasteiger partial charge in [0.25, 0.3) is 0 Å². The van der Waals surface area contributed by atoms with Crippen molar-refractivity contribution in [2.24, 2.45) is 0 Å². The van der Waals surface area contributed by atoms with Gasteiger partial charge in [-0.3, -0.25) is 0 Å². The molecule has 2 rings (SSSR count). The van der Waals surface area contributed by atoms with Crippen molar-refractivity contribution in [1.29, 1.82) is 0 Å². The van der Waals surface area contributed by atoms with Crippen molar-refractivity contribution in [3.8, 4) is 0 Å². The maximum absolute atomic E-state index is 2.26. The Morgan fingerprint density at radius 3 is 2.64 bits per heavy atom. The summed E-state index contributed by atoms with van der Waals surface area (Å²) in [4.78, 5) is 0. The maximum Gasteiger partial charge on any atom is 0 e. The minimum atomic E-state index is 0. The molecule has 0 N–H and O–H groups in total. The Bertz CT molecular complexity index is 287. The van der Waals surface area contributed by atoms with Crippen molar-refractivity contribution >= 4 is 6.08 Å². The SMILES string of the molecule is CC1=Cc2ccccc2C1.[Hf]. The van der Waals surface area contributed by atoms with Crippen LogP contribution in [0.25, 0.3) is 6.08 Å². The van der Waals surface area contributed by atoms with Gasteiger partial charge >= 0.3 is 0 Å². The van der Waals surface area contributed by atoms with Crippen LogP contribution in [0, 0.1) is 0 Å². The van der Waals surface area contributed by atoms with E-state index in [1.54, 1.807) is 0 Å². The quantitative estimate of drug-likeness (QED) is 0.646. The first-order chi connectivity index (χ1) is 4.86. The summed E-state index contributed by atoms with van der Waals surface area (Å²) in [5.74, 6) is 0. The largest absolute Gasteiger partial charge is 0.0683 e. The summed E-state index contributed by atoms with van der Waals surface area (Å²) in [7, 11) is 0. The molecule has 0 unspecified atom stereocenters. The van der Waals surface area contributed by atoms with E-state index in [4.69, 9.17) is 0 Å². The molecule has 0 fully saturated rings. The maximum atomic E-state index is 2.26. The first-order valence-electron chi connectivity index (χ1n) is 3.61. The van der Waals surface area contributed by atoms with Gasteiger partial charge in [0.2, 0.25) is 0 Å². The second-order valence-corrected chi connectivity index (χ2v) is 2.87. The molecule has 54 valence electrons. The van der Waals surface area contributed by atoms with Crippen LogP contribution in [0.4, 0.5) is 0 Å². The van der Waals surface area contributed by atoms with Crippen molar-refractivity contribution < 1.29 is 25.8 Å². The number of fused-ring (bicyclic) bond motifs is 1. The zero-order valence-electron chi connectivity index (χ0n) is 6.59. The van der Waals surface area contributed by atoms with Gasteiger partial charge in [-0.2, -0.15) is 0 Å². The molecule has 0 nitrogen and oxygen atoms in total. The van der Waals surface area contributed by atoms with Crippen LogP contribution in [0.2, 0.25) is 0 Å². The van der Waals surface area contributed by atoms with E-state index < -0.39 is 0 Å². The van der Waals surface area contributed by atoms with Gasteiger partial charge in [-0.05, 0) is 24.5 Å². The fourth-order valence-electron chi connectivity index (χ4n) is 1.45. The Labute approximate surface area is 86.1 Å². The molecule has 0 bridgehead atoms. The van der Waals surface area contributed by atoms with Crippen molar-refractivity contribution in [2.75, 3.05) is 0 Å².